The second kappa shape index (κ2) is 13.5. The molecule has 1 aromatic heterocycles. The molecule has 12 heteroatoms. The second-order valence-corrected chi connectivity index (χ2v) is 11.0. The Labute approximate surface area is 237 Å². The van der Waals surface area contributed by atoms with Crippen LogP contribution in [0.25, 0.3) is 11.1 Å². The van der Waals surface area contributed by atoms with E-state index in [0.717, 1.165) is 38.2 Å². The van der Waals surface area contributed by atoms with Gasteiger partial charge >= 0.3 is 18.3 Å². The molecule has 1 unspecified atom stereocenters. The zero-order valence-corrected chi connectivity index (χ0v) is 23.2. The number of carbonyl (C=O) groups excluding carboxylic acids is 1. The van der Waals surface area contributed by atoms with Crippen LogP contribution in [0.5, 0.6) is 0 Å². The molecule has 1 aliphatic rings. The molecule has 2 aromatic carbocycles. The summed E-state index contributed by atoms with van der Waals surface area (Å²) >= 11 is 1.25. The molecular formula is C29H30F6N2O3S. The minimum atomic E-state index is -5.08. The van der Waals surface area contributed by atoms with E-state index >= 15 is 0 Å². The first-order chi connectivity index (χ1) is 19.1. The molecule has 0 spiro atoms. The van der Waals surface area contributed by atoms with E-state index in [-0.39, 0.29) is 5.91 Å². The SMILES string of the molecule is CC(C)c1ccc(CN2CCC(CNC(=O)c3cc(-c4cccc(C(F)(F)F)c4)cs3)C2)cc1.O=C(O)C(F)(F)F. The average molecular weight is 601 g/mol. The predicted octanol–water partition coefficient (Wildman–Crippen LogP) is 7.44. The predicted molar refractivity (Wildman–Crippen MR) is 145 cm³/mol. The smallest absolute Gasteiger partial charge is 0.475 e. The average Bonchev–Trinajstić information content (AvgIpc) is 3.57. The van der Waals surface area contributed by atoms with Crippen LogP contribution in [0.4, 0.5) is 26.3 Å². The number of benzene rings is 2. The second-order valence-electron chi connectivity index (χ2n) is 10.1. The normalized spacial score (nSPS) is 15.9. The molecule has 2 heterocycles. The van der Waals surface area contributed by atoms with Crippen LogP contribution in [-0.4, -0.2) is 47.7 Å². The summed E-state index contributed by atoms with van der Waals surface area (Å²) in [5, 5.41) is 11.9. The van der Waals surface area contributed by atoms with E-state index in [1.807, 2.05) is 0 Å². The molecule has 5 nitrogen and oxygen atoms in total. The van der Waals surface area contributed by atoms with Gasteiger partial charge in [-0.05, 0) is 70.6 Å². The molecule has 0 aliphatic carbocycles. The Bertz CT molecular complexity index is 1320. The van der Waals surface area contributed by atoms with Gasteiger partial charge in [-0.15, -0.1) is 11.3 Å². The van der Waals surface area contributed by atoms with Crippen molar-refractivity contribution < 1.29 is 41.0 Å². The van der Waals surface area contributed by atoms with Gasteiger partial charge in [0.25, 0.3) is 5.91 Å². The molecule has 1 aliphatic heterocycles. The number of carbonyl (C=O) groups is 2. The largest absolute Gasteiger partial charge is 0.490 e. The molecule has 1 fully saturated rings. The van der Waals surface area contributed by atoms with Crippen molar-refractivity contribution in [3.05, 3.63) is 81.5 Å². The molecule has 1 amide bonds. The number of amides is 1. The zero-order valence-electron chi connectivity index (χ0n) is 22.4. The molecule has 0 bridgehead atoms. The lowest BCUT2D eigenvalue weighted by molar-refractivity contribution is -0.192. The highest BCUT2D eigenvalue weighted by molar-refractivity contribution is 7.12. The number of halogens is 6. The van der Waals surface area contributed by atoms with Crippen LogP contribution in [0.3, 0.4) is 0 Å². The van der Waals surface area contributed by atoms with Gasteiger partial charge in [0.2, 0.25) is 0 Å². The highest BCUT2D eigenvalue weighted by Gasteiger charge is 2.38. The Morgan fingerprint density at radius 2 is 1.68 bits per heavy atom. The van der Waals surface area contributed by atoms with Crippen LogP contribution in [0.2, 0.25) is 0 Å². The maximum absolute atomic E-state index is 13.0. The maximum Gasteiger partial charge on any atom is 0.490 e. The van der Waals surface area contributed by atoms with Crippen molar-refractivity contribution in [3.8, 4) is 11.1 Å². The minimum Gasteiger partial charge on any atom is -0.475 e. The number of carboxylic acids is 1. The molecule has 3 aromatic rings. The third-order valence-corrected chi connectivity index (χ3v) is 7.49. The fraction of sp³-hybridized carbons (Fsp3) is 0.379. The fourth-order valence-corrected chi connectivity index (χ4v) is 5.13. The van der Waals surface area contributed by atoms with Gasteiger partial charge in [-0.25, -0.2) is 4.79 Å². The lowest BCUT2D eigenvalue weighted by Crippen LogP contribution is -2.30. The van der Waals surface area contributed by atoms with Gasteiger partial charge in [-0.2, -0.15) is 26.3 Å². The number of hydrogen-bond acceptors (Lipinski definition) is 4. The standard InChI is InChI=1S/C27H29F3N2OS.C2HF3O2/c1-18(2)21-8-6-19(7-9-21)15-32-11-10-20(16-32)14-31-26(33)25-13-23(17-34-25)22-4-3-5-24(12-22)27(28,29)30;3-2(4,5)1(6)7/h3-9,12-13,17-18,20H,10-11,14-16H2,1-2H3,(H,31,33);(H,6,7). The van der Waals surface area contributed by atoms with Gasteiger partial charge < -0.3 is 10.4 Å². The van der Waals surface area contributed by atoms with E-state index in [1.54, 1.807) is 17.5 Å². The van der Waals surface area contributed by atoms with Crippen molar-refractivity contribution in [1.29, 1.82) is 0 Å². The van der Waals surface area contributed by atoms with Gasteiger partial charge in [0.1, 0.15) is 0 Å². The number of carboxylic acid groups (broad SMARTS) is 1. The lowest BCUT2D eigenvalue weighted by Gasteiger charge is -2.17. The zero-order chi connectivity index (χ0) is 30.4. The van der Waals surface area contributed by atoms with Gasteiger partial charge in [-0.1, -0.05) is 50.2 Å². The topological polar surface area (TPSA) is 69.6 Å². The Kier molecular flexibility index (Phi) is 10.6. The Balaban J connectivity index is 0.000000587. The van der Waals surface area contributed by atoms with E-state index < -0.39 is 23.9 Å². The van der Waals surface area contributed by atoms with Crippen molar-refractivity contribution in [3.63, 3.8) is 0 Å². The molecule has 222 valence electrons. The van der Waals surface area contributed by atoms with Crippen molar-refractivity contribution >= 4 is 23.2 Å². The lowest BCUT2D eigenvalue weighted by atomic mass is 10.0. The molecule has 41 heavy (non-hydrogen) atoms. The van der Waals surface area contributed by atoms with E-state index in [4.69, 9.17) is 9.90 Å². The number of alkyl halides is 6. The number of rotatable bonds is 7. The van der Waals surface area contributed by atoms with Crippen LogP contribution < -0.4 is 5.32 Å². The van der Waals surface area contributed by atoms with Gasteiger partial charge in [0.05, 0.1) is 10.4 Å². The number of likely N-dealkylation sites (tertiary alicyclic amines) is 1. The van der Waals surface area contributed by atoms with Crippen molar-refractivity contribution in [2.75, 3.05) is 19.6 Å². The summed E-state index contributed by atoms with van der Waals surface area (Å²) in [5.41, 5.74) is 3.03. The fourth-order valence-electron chi connectivity index (χ4n) is 4.30. The Morgan fingerprint density at radius 1 is 1.02 bits per heavy atom. The van der Waals surface area contributed by atoms with Crippen molar-refractivity contribution in [2.45, 2.75) is 45.1 Å². The summed E-state index contributed by atoms with van der Waals surface area (Å²) in [5.74, 6) is -2.02. The summed E-state index contributed by atoms with van der Waals surface area (Å²) in [7, 11) is 0. The molecule has 0 saturated carbocycles. The number of thiophene rings is 1. The van der Waals surface area contributed by atoms with E-state index in [1.165, 1.54) is 28.5 Å². The molecule has 0 radical (unpaired) electrons. The molecular weight excluding hydrogens is 570 g/mol. The number of hydrogen-bond donors (Lipinski definition) is 2. The molecule has 2 N–H and O–H groups in total. The maximum atomic E-state index is 13.0. The Hall–Kier alpha value is -3.38. The van der Waals surface area contributed by atoms with Gasteiger partial charge in [-0.3, -0.25) is 9.69 Å². The summed E-state index contributed by atoms with van der Waals surface area (Å²) in [6, 6.07) is 15.6. The summed E-state index contributed by atoms with van der Waals surface area (Å²) in [6.45, 7) is 7.83. The van der Waals surface area contributed by atoms with Crippen LogP contribution in [-0.2, 0) is 17.5 Å². The number of nitrogens with zero attached hydrogens (tertiary/aromatic N) is 1. The van der Waals surface area contributed by atoms with Crippen LogP contribution in [0, 0.1) is 5.92 Å². The van der Waals surface area contributed by atoms with E-state index in [9.17, 15) is 31.1 Å². The van der Waals surface area contributed by atoms with E-state index in [0.29, 0.717) is 34.4 Å². The van der Waals surface area contributed by atoms with Crippen molar-refractivity contribution in [2.24, 2.45) is 5.92 Å². The third kappa shape index (κ3) is 9.60. The van der Waals surface area contributed by atoms with Gasteiger partial charge in [0.15, 0.2) is 0 Å². The minimum absolute atomic E-state index is 0.175. The first kappa shape index (κ1) is 32.1. The summed E-state index contributed by atoms with van der Waals surface area (Å²) in [6.07, 6.45) is -8.44. The number of aliphatic carboxylic acids is 1. The first-order valence-corrected chi connectivity index (χ1v) is 13.7. The molecule has 4 rings (SSSR count). The van der Waals surface area contributed by atoms with Crippen LogP contribution in [0.15, 0.2) is 60.0 Å². The molecule has 1 saturated heterocycles. The Morgan fingerprint density at radius 3 is 2.27 bits per heavy atom. The highest BCUT2D eigenvalue weighted by Crippen LogP contribution is 2.33. The first-order valence-electron chi connectivity index (χ1n) is 12.8. The summed E-state index contributed by atoms with van der Waals surface area (Å²) in [4.78, 5) is 24.5. The summed E-state index contributed by atoms with van der Waals surface area (Å²) < 4.78 is 70.7. The monoisotopic (exact) mass is 600 g/mol. The number of nitrogens with one attached hydrogen (secondary N) is 1. The van der Waals surface area contributed by atoms with Crippen LogP contribution in [0.1, 0.15) is 52.5 Å². The van der Waals surface area contributed by atoms with Crippen molar-refractivity contribution in [1.82, 2.24) is 10.2 Å². The third-order valence-electron chi connectivity index (χ3n) is 6.56. The van der Waals surface area contributed by atoms with Crippen LogP contribution >= 0.6 is 11.3 Å². The van der Waals surface area contributed by atoms with E-state index in [2.05, 4.69) is 48.3 Å². The quantitative estimate of drug-likeness (QED) is 0.277. The van der Waals surface area contributed by atoms with Gasteiger partial charge in [0, 0.05) is 19.6 Å². The highest BCUT2D eigenvalue weighted by atomic mass is 32.1. The molecule has 1 atom stereocenters.